The molecule has 1 aliphatic rings. The van der Waals surface area contributed by atoms with Crippen LogP contribution in [0.25, 0.3) is 0 Å². The topological polar surface area (TPSA) is 113 Å². The van der Waals surface area contributed by atoms with E-state index in [2.05, 4.69) is 14.7 Å². The first-order valence-electron chi connectivity index (χ1n) is 4.71. The number of rotatable bonds is 1. The van der Waals surface area contributed by atoms with Gasteiger partial charge in [0.05, 0.1) is 31.5 Å². The number of aromatic nitrogens is 2. The van der Waals surface area contributed by atoms with Crippen molar-refractivity contribution >= 4 is 12.1 Å². The Morgan fingerprint density at radius 1 is 1.47 bits per heavy atom. The van der Waals surface area contributed by atoms with Crippen LogP contribution in [-0.2, 0) is 17.8 Å². The number of hydrogen-bond donors (Lipinski definition) is 2. The number of hydrogen-bond acceptors (Lipinski definition) is 5. The highest BCUT2D eigenvalue weighted by atomic mass is 16.5. The molecule has 0 aliphatic carbocycles. The van der Waals surface area contributed by atoms with E-state index < -0.39 is 23.4 Å². The minimum Gasteiger partial charge on any atom is -0.475 e. The third-order valence-electron chi connectivity index (χ3n) is 2.43. The summed E-state index contributed by atoms with van der Waals surface area (Å²) >= 11 is 0. The molecule has 2 rings (SSSR count). The normalized spacial score (nSPS) is 13.4. The zero-order chi connectivity index (χ0) is 12.6. The Morgan fingerprint density at radius 3 is 2.76 bits per heavy atom. The predicted molar refractivity (Wildman–Crippen MR) is 53.5 cm³/mol. The van der Waals surface area contributed by atoms with E-state index in [9.17, 15) is 14.4 Å². The van der Waals surface area contributed by atoms with Gasteiger partial charge in [-0.25, -0.2) is 14.6 Å². The molecule has 0 bridgehead atoms. The Labute approximate surface area is 94.8 Å². The van der Waals surface area contributed by atoms with Crippen molar-refractivity contribution in [2.24, 2.45) is 0 Å². The van der Waals surface area contributed by atoms with Crippen LogP contribution in [0, 0.1) is 0 Å². The SMILES string of the molecule is COC(=O)N1Cc2nc(C(=O)O)[nH]c(=O)c2C1. The standard InChI is InChI=1S/C9H9N3O5/c1-17-9(16)12-2-4-5(3-12)10-6(8(14)15)11-7(4)13/h2-3H2,1H3,(H,14,15)(H,10,11,13). The number of carboxylic acids is 1. The summed E-state index contributed by atoms with van der Waals surface area (Å²) in [7, 11) is 1.23. The van der Waals surface area contributed by atoms with E-state index in [-0.39, 0.29) is 18.8 Å². The van der Waals surface area contributed by atoms with Gasteiger partial charge in [0.1, 0.15) is 0 Å². The van der Waals surface area contributed by atoms with E-state index in [0.29, 0.717) is 5.56 Å². The number of aromatic carboxylic acids is 1. The van der Waals surface area contributed by atoms with E-state index >= 15 is 0 Å². The number of carbonyl (C=O) groups is 2. The van der Waals surface area contributed by atoms with Crippen LogP contribution in [0.4, 0.5) is 4.79 Å². The predicted octanol–water partition coefficient (Wildman–Crippen LogP) is -0.450. The number of nitrogens with zero attached hydrogens (tertiary/aromatic N) is 2. The number of nitrogens with one attached hydrogen (secondary N) is 1. The van der Waals surface area contributed by atoms with E-state index in [4.69, 9.17) is 5.11 Å². The number of H-pyrrole nitrogens is 1. The lowest BCUT2D eigenvalue weighted by molar-refractivity contribution is 0.0682. The molecule has 90 valence electrons. The second-order valence-electron chi connectivity index (χ2n) is 3.47. The van der Waals surface area contributed by atoms with Gasteiger partial charge in [0, 0.05) is 0 Å². The molecule has 17 heavy (non-hydrogen) atoms. The van der Waals surface area contributed by atoms with Crippen molar-refractivity contribution in [1.29, 1.82) is 0 Å². The van der Waals surface area contributed by atoms with E-state index in [1.807, 2.05) is 0 Å². The molecular weight excluding hydrogens is 230 g/mol. The molecule has 8 nitrogen and oxygen atoms in total. The Balaban J connectivity index is 2.39. The molecule has 0 radical (unpaired) electrons. The lowest BCUT2D eigenvalue weighted by Gasteiger charge is -2.11. The van der Waals surface area contributed by atoms with Gasteiger partial charge in [-0.2, -0.15) is 0 Å². The summed E-state index contributed by atoms with van der Waals surface area (Å²) in [6.07, 6.45) is -0.584. The summed E-state index contributed by atoms with van der Waals surface area (Å²) < 4.78 is 4.51. The molecule has 0 spiro atoms. The van der Waals surface area contributed by atoms with E-state index in [1.54, 1.807) is 0 Å². The molecule has 1 aromatic rings. The van der Waals surface area contributed by atoms with Gasteiger partial charge in [0.25, 0.3) is 5.56 Å². The number of ether oxygens (including phenoxy) is 1. The van der Waals surface area contributed by atoms with Gasteiger partial charge in [-0.3, -0.25) is 9.69 Å². The Bertz CT molecular complexity index is 550. The average Bonchev–Trinajstić information content (AvgIpc) is 2.72. The third-order valence-corrected chi connectivity index (χ3v) is 2.43. The number of methoxy groups -OCH3 is 1. The van der Waals surface area contributed by atoms with E-state index in [1.165, 1.54) is 12.0 Å². The second-order valence-corrected chi connectivity index (χ2v) is 3.47. The van der Waals surface area contributed by atoms with Crippen LogP contribution in [0.1, 0.15) is 21.9 Å². The number of carbonyl (C=O) groups excluding carboxylic acids is 1. The van der Waals surface area contributed by atoms with Crippen LogP contribution in [0.5, 0.6) is 0 Å². The van der Waals surface area contributed by atoms with Crippen LogP contribution < -0.4 is 5.56 Å². The van der Waals surface area contributed by atoms with E-state index in [0.717, 1.165) is 0 Å². The van der Waals surface area contributed by atoms with Crippen molar-refractivity contribution in [3.63, 3.8) is 0 Å². The van der Waals surface area contributed by atoms with Crippen molar-refractivity contribution in [2.75, 3.05) is 7.11 Å². The van der Waals surface area contributed by atoms with Crippen molar-refractivity contribution in [3.8, 4) is 0 Å². The second kappa shape index (κ2) is 3.89. The van der Waals surface area contributed by atoms with Crippen LogP contribution in [-0.4, -0.2) is 39.1 Å². The maximum absolute atomic E-state index is 11.6. The molecule has 0 fully saturated rings. The molecule has 0 saturated carbocycles. The van der Waals surface area contributed by atoms with Crippen molar-refractivity contribution in [1.82, 2.24) is 14.9 Å². The first-order chi connectivity index (χ1) is 8.02. The van der Waals surface area contributed by atoms with Crippen LogP contribution in [0.2, 0.25) is 0 Å². The van der Waals surface area contributed by atoms with Gasteiger partial charge < -0.3 is 14.8 Å². The Kier molecular flexibility index (Phi) is 2.54. The van der Waals surface area contributed by atoms with Crippen molar-refractivity contribution in [3.05, 3.63) is 27.4 Å². The van der Waals surface area contributed by atoms with Crippen molar-refractivity contribution < 1.29 is 19.4 Å². The summed E-state index contributed by atoms with van der Waals surface area (Å²) in [6, 6.07) is 0. The smallest absolute Gasteiger partial charge is 0.410 e. The number of carboxylic acid groups (broad SMARTS) is 1. The highest BCUT2D eigenvalue weighted by Crippen LogP contribution is 2.17. The summed E-state index contributed by atoms with van der Waals surface area (Å²) in [5.74, 6) is -1.75. The molecular formula is C9H9N3O5. The fourth-order valence-corrected chi connectivity index (χ4v) is 1.63. The van der Waals surface area contributed by atoms with Gasteiger partial charge >= 0.3 is 12.1 Å². The lowest BCUT2D eigenvalue weighted by Crippen LogP contribution is -2.25. The lowest BCUT2D eigenvalue weighted by atomic mass is 10.3. The molecule has 1 aliphatic heterocycles. The Morgan fingerprint density at radius 2 is 2.18 bits per heavy atom. The fourth-order valence-electron chi connectivity index (χ4n) is 1.63. The molecule has 1 amide bonds. The maximum atomic E-state index is 11.6. The molecule has 2 heterocycles. The van der Waals surface area contributed by atoms with Crippen LogP contribution in [0.15, 0.2) is 4.79 Å². The fraction of sp³-hybridized carbons (Fsp3) is 0.333. The maximum Gasteiger partial charge on any atom is 0.410 e. The molecule has 0 unspecified atom stereocenters. The number of fused-ring (bicyclic) bond motifs is 1. The van der Waals surface area contributed by atoms with Crippen LogP contribution in [0.3, 0.4) is 0 Å². The molecule has 8 heteroatoms. The highest BCUT2D eigenvalue weighted by Gasteiger charge is 2.28. The van der Waals surface area contributed by atoms with Gasteiger partial charge in [-0.15, -0.1) is 0 Å². The quantitative estimate of drug-likeness (QED) is 0.686. The zero-order valence-electron chi connectivity index (χ0n) is 8.89. The van der Waals surface area contributed by atoms with Gasteiger partial charge in [-0.05, 0) is 0 Å². The minimum absolute atomic E-state index is 0.0736. The third kappa shape index (κ3) is 1.84. The largest absolute Gasteiger partial charge is 0.475 e. The molecule has 0 atom stereocenters. The monoisotopic (exact) mass is 239 g/mol. The summed E-state index contributed by atoms with van der Waals surface area (Å²) in [5, 5.41) is 8.72. The molecule has 0 saturated heterocycles. The molecule has 0 aromatic carbocycles. The van der Waals surface area contributed by atoms with Gasteiger partial charge in [0.15, 0.2) is 0 Å². The number of amides is 1. The summed E-state index contributed by atoms with van der Waals surface area (Å²) in [4.78, 5) is 40.7. The minimum atomic E-state index is -1.32. The zero-order valence-corrected chi connectivity index (χ0v) is 8.89. The highest BCUT2D eigenvalue weighted by molar-refractivity contribution is 5.83. The molecule has 1 aromatic heterocycles. The summed E-state index contributed by atoms with van der Waals surface area (Å²) in [6.45, 7) is 0.149. The van der Waals surface area contributed by atoms with Gasteiger partial charge in [-0.1, -0.05) is 0 Å². The number of aromatic amines is 1. The first-order valence-corrected chi connectivity index (χ1v) is 4.71. The molecule has 2 N–H and O–H groups in total. The first kappa shape index (κ1) is 11.1. The van der Waals surface area contributed by atoms with Gasteiger partial charge in [0.2, 0.25) is 5.82 Å². The van der Waals surface area contributed by atoms with Crippen molar-refractivity contribution in [2.45, 2.75) is 13.1 Å². The van der Waals surface area contributed by atoms with Crippen LogP contribution >= 0.6 is 0 Å². The Hall–Kier alpha value is -2.38. The average molecular weight is 239 g/mol. The summed E-state index contributed by atoms with van der Waals surface area (Å²) in [5.41, 5.74) is 0.0377.